The quantitative estimate of drug-likeness (QED) is 0.856. The van der Waals surface area contributed by atoms with Gasteiger partial charge in [0.1, 0.15) is 5.56 Å². The maximum Gasteiger partial charge on any atom is 0.339 e. The van der Waals surface area contributed by atoms with Crippen LogP contribution in [0.4, 0.5) is 0 Å². The first kappa shape index (κ1) is 13.7. The lowest BCUT2D eigenvalue weighted by Crippen LogP contribution is -2.16. The van der Waals surface area contributed by atoms with Crippen LogP contribution < -0.4 is 0 Å². The molecule has 1 aromatic heterocycles. The summed E-state index contributed by atoms with van der Waals surface area (Å²) < 4.78 is 24.6. The summed E-state index contributed by atoms with van der Waals surface area (Å²) in [6.07, 6.45) is 1.20. The highest BCUT2D eigenvalue weighted by Gasteiger charge is 2.22. The number of aromatic carboxylic acids is 1. The van der Waals surface area contributed by atoms with Crippen LogP contribution in [-0.4, -0.2) is 35.0 Å². The van der Waals surface area contributed by atoms with Gasteiger partial charge in [-0.15, -0.1) is 0 Å². The fourth-order valence-corrected chi connectivity index (χ4v) is 2.37. The molecule has 0 aliphatic carbocycles. The van der Waals surface area contributed by atoms with Gasteiger partial charge in [-0.1, -0.05) is 6.92 Å². The topological polar surface area (TPSA) is 89.3 Å². The van der Waals surface area contributed by atoms with Crippen molar-refractivity contribution in [3.8, 4) is 0 Å². The number of hydrogen-bond acceptors (Lipinski definition) is 4. The van der Waals surface area contributed by atoms with Crippen LogP contribution in [0.3, 0.4) is 0 Å². The minimum atomic E-state index is -3.28. The average Bonchev–Trinajstić information content (AvgIpc) is 2.60. The Balaban J connectivity index is 3.27. The van der Waals surface area contributed by atoms with Crippen molar-refractivity contribution < 1.29 is 18.3 Å². The van der Waals surface area contributed by atoms with Crippen molar-refractivity contribution in [1.29, 1.82) is 0 Å². The zero-order chi connectivity index (χ0) is 13.2. The molecule has 1 aromatic rings. The molecule has 0 saturated carbocycles. The van der Waals surface area contributed by atoms with Crippen molar-refractivity contribution in [2.45, 2.75) is 32.6 Å². The second-order valence-corrected chi connectivity index (χ2v) is 6.38. The Morgan fingerprint density at radius 3 is 2.53 bits per heavy atom. The van der Waals surface area contributed by atoms with Crippen molar-refractivity contribution in [2.24, 2.45) is 0 Å². The molecule has 0 aliphatic rings. The predicted molar refractivity (Wildman–Crippen MR) is 62.7 cm³/mol. The molecule has 0 bridgehead atoms. The van der Waals surface area contributed by atoms with Gasteiger partial charge in [0.05, 0.1) is 17.6 Å². The van der Waals surface area contributed by atoms with Crippen LogP contribution in [0.15, 0.2) is 6.20 Å². The summed E-state index contributed by atoms with van der Waals surface area (Å²) in [4.78, 5) is 11.0. The number of carbonyl (C=O) groups is 1. The molecule has 0 aromatic carbocycles. The lowest BCUT2D eigenvalue weighted by atomic mass is 10.2. The molecule has 0 spiro atoms. The summed E-state index contributed by atoms with van der Waals surface area (Å²) in [5, 5.41) is 12.9. The molecule has 0 amide bonds. The molecular weight excluding hydrogens is 244 g/mol. The van der Waals surface area contributed by atoms with Gasteiger partial charge in [0.25, 0.3) is 0 Å². The maximum absolute atomic E-state index is 11.6. The second-order valence-electron chi connectivity index (χ2n) is 4.02. The molecule has 0 saturated heterocycles. The van der Waals surface area contributed by atoms with Crippen molar-refractivity contribution in [1.82, 2.24) is 9.78 Å². The summed E-state index contributed by atoms with van der Waals surface area (Å²) in [5.74, 6) is -1.46. The van der Waals surface area contributed by atoms with E-state index in [1.807, 2.05) is 13.8 Å². The number of carboxylic acids is 1. The Kier molecular flexibility index (Phi) is 3.92. The first-order valence-corrected chi connectivity index (χ1v) is 7.10. The van der Waals surface area contributed by atoms with Gasteiger partial charge in [0.2, 0.25) is 0 Å². The second kappa shape index (κ2) is 4.87. The van der Waals surface area contributed by atoms with E-state index < -0.39 is 15.8 Å². The van der Waals surface area contributed by atoms with E-state index in [-0.39, 0.29) is 28.8 Å². The summed E-state index contributed by atoms with van der Waals surface area (Å²) >= 11 is 0. The van der Waals surface area contributed by atoms with Crippen LogP contribution in [0.1, 0.15) is 42.9 Å². The molecule has 0 unspecified atom stereocenters. The number of rotatable bonds is 5. The van der Waals surface area contributed by atoms with Gasteiger partial charge in [-0.05, 0) is 13.8 Å². The Bertz CT molecular complexity index is 516. The fraction of sp³-hybridized carbons (Fsp3) is 0.600. The van der Waals surface area contributed by atoms with Gasteiger partial charge in [-0.3, -0.25) is 4.68 Å². The smallest absolute Gasteiger partial charge is 0.339 e. The fourth-order valence-electron chi connectivity index (χ4n) is 1.47. The highest BCUT2D eigenvalue weighted by atomic mass is 32.2. The minimum Gasteiger partial charge on any atom is -0.478 e. The molecule has 17 heavy (non-hydrogen) atoms. The Labute approximate surface area is 100 Å². The van der Waals surface area contributed by atoms with Crippen molar-refractivity contribution in [2.75, 3.05) is 5.75 Å². The molecule has 1 N–H and O–H groups in total. The molecule has 0 radical (unpaired) electrons. The van der Waals surface area contributed by atoms with E-state index in [9.17, 15) is 13.2 Å². The molecule has 6 nitrogen and oxygen atoms in total. The monoisotopic (exact) mass is 260 g/mol. The third-order valence-corrected chi connectivity index (χ3v) is 4.01. The Hall–Kier alpha value is -1.37. The third kappa shape index (κ3) is 3.06. The van der Waals surface area contributed by atoms with Crippen LogP contribution >= 0.6 is 0 Å². The third-order valence-electron chi connectivity index (χ3n) is 2.41. The lowest BCUT2D eigenvalue weighted by molar-refractivity contribution is 0.0696. The molecule has 0 atom stereocenters. The van der Waals surface area contributed by atoms with E-state index in [0.29, 0.717) is 0 Å². The number of nitrogens with zero attached hydrogens (tertiary/aromatic N) is 2. The van der Waals surface area contributed by atoms with Crippen LogP contribution in [0.2, 0.25) is 0 Å². The van der Waals surface area contributed by atoms with Crippen LogP contribution in [0.5, 0.6) is 0 Å². The normalized spacial score (nSPS) is 12.0. The van der Waals surface area contributed by atoms with E-state index >= 15 is 0 Å². The Morgan fingerprint density at radius 2 is 2.12 bits per heavy atom. The van der Waals surface area contributed by atoms with Crippen LogP contribution in [0, 0.1) is 0 Å². The standard InChI is InChI=1S/C10H16N2O4S/c1-4-17(15,16)6-9-8(10(13)14)5-11-12(9)7(2)3/h5,7H,4,6H2,1-3H3,(H,13,14). The van der Waals surface area contributed by atoms with Gasteiger partial charge in [0.15, 0.2) is 9.84 Å². The van der Waals surface area contributed by atoms with Crippen molar-refractivity contribution in [3.05, 3.63) is 17.5 Å². The van der Waals surface area contributed by atoms with Gasteiger partial charge >= 0.3 is 5.97 Å². The first-order chi connectivity index (χ1) is 7.78. The number of sulfone groups is 1. The van der Waals surface area contributed by atoms with E-state index in [2.05, 4.69) is 5.10 Å². The summed E-state index contributed by atoms with van der Waals surface area (Å²) in [6.45, 7) is 5.17. The molecule has 1 heterocycles. The maximum atomic E-state index is 11.6. The number of carboxylic acid groups (broad SMARTS) is 1. The average molecular weight is 260 g/mol. The van der Waals surface area contributed by atoms with Gasteiger partial charge < -0.3 is 5.11 Å². The van der Waals surface area contributed by atoms with Gasteiger partial charge in [0, 0.05) is 11.8 Å². The van der Waals surface area contributed by atoms with Gasteiger partial charge in [-0.2, -0.15) is 5.10 Å². The number of aromatic nitrogens is 2. The molecule has 96 valence electrons. The highest BCUT2D eigenvalue weighted by Crippen LogP contribution is 2.17. The SMILES string of the molecule is CCS(=O)(=O)Cc1c(C(=O)O)cnn1C(C)C. The lowest BCUT2D eigenvalue weighted by Gasteiger charge is -2.11. The first-order valence-electron chi connectivity index (χ1n) is 5.28. The van der Waals surface area contributed by atoms with Crippen LogP contribution in [0.25, 0.3) is 0 Å². The van der Waals surface area contributed by atoms with E-state index in [0.717, 1.165) is 0 Å². The van der Waals surface area contributed by atoms with Crippen LogP contribution in [-0.2, 0) is 15.6 Å². The largest absolute Gasteiger partial charge is 0.478 e. The number of hydrogen-bond donors (Lipinski definition) is 1. The summed E-state index contributed by atoms with van der Waals surface area (Å²) in [7, 11) is -3.28. The highest BCUT2D eigenvalue weighted by molar-refractivity contribution is 7.90. The van der Waals surface area contributed by atoms with E-state index in [1.54, 1.807) is 0 Å². The summed E-state index contributed by atoms with van der Waals surface area (Å²) in [5.41, 5.74) is 0.199. The molecule has 7 heteroatoms. The van der Waals surface area contributed by atoms with Crippen molar-refractivity contribution >= 4 is 15.8 Å². The zero-order valence-corrected chi connectivity index (χ0v) is 10.9. The van der Waals surface area contributed by atoms with Gasteiger partial charge in [-0.25, -0.2) is 13.2 Å². The molecule has 0 fully saturated rings. The zero-order valence-electron chi connectivity index (χ0n) is 10.0. The molecular formula is C10H16N2O4S. The van der Waals surface area contributed by atoms with E-state index in [4.69, 9.17) is 5.11 Å². The minimum absolute atomic E-state index is 0.0185. The predicted octanol–water partition coefficient (Wildman–Crippen LogP) is 1.10. The Morgan fingerprint density at radius 1 is 1.53 bits per heavy atom. The van der Waals surface area contributed by atoms with E-state index in [1.165, 1.54) is 17.8 Å². The summed E-state index contributed by atoms with van der Waals surface area (Å²) in [6, 6.07) is -0.0786. The molecule has 0 aliphatic heterocycles. The van der Waals surface area contributed by atoms with Crippen molar-refractivity contribution in [3.63, 3.8) is 0 Å². The molecule has 1 rings (SSSR count).